The highest BCUT2D eigenvalue weighted by Gasteiger charge is 2.32. The van der Waals surface area contributed by atoms with E-state index < -0.39 is 23.0 Å². The summed E-state index contributed by atoms with van der Waals surface area (Å²) in [5, 5.41) is 10.9. The van der Waals surface area contributed by atoms with E-state index in [1.54, 1.807) is 43.3 Å². The Balaban J connectivity index is 1.09. The Morgan fingerprint density at radius 1 is 0.842 bits per heavy atom. The van der Waals surface area contributed by atoms with Crippen molar-refractivity contribution in [3.8, 4) is 0 Å². The van der Waals surface area contributed by atoms with Crippen molar-refractivity contribution in [2.24, 2.45) is 0 Å². The number of anilines is 2. The largest absolute Gasteiger partial charge is 0.462 e. The standard InChI is InChI=1S/C47H43N3O5S2/c1-3-40(45(53)50-46-42(47(54)55-4-2)38-26-25-33(28-41(38)57-46)30-15-7-5-8-16-30)56-36-23-14-22-35(29-36)48-44(52)39(49-43(51)32-18-9-6-10-19-32)27-34-21-13-20-31-17-11-12-24-37(31)34/h5-24,27,29,33,40H,3-4,25-26,28H2,1-2H3,(H,48,52)(H,49,51)(H,50,53)/b39-27+. The number of carbonyl (C=O) groups excluding carboxylic acids is 4. The third kappa shape index (κ3) is 9.36. The van der Waals surface area contributed by atoms with Gasteiger partial charge in [0.25, 0.3) is 11.8 Å². The number of esters is 1. The molecular weight excluding hydrogens is 751 g/mol. The first-order chi connectivity index (χ1) is 27.8. The highest BCUT2D eigenvalue weighted by atomic mass is 32.2. The van der Waals surface area contributed by atoms with E-state index in [1.807, 2.05) is 79.7 Å². The molecule has 7 rings (SSSR count). The van der Waals surface area contributed by atoms with E-state index in [-0.39, 0.29) is 18.2 Å². The van der Waals surface area contributed by atoms with Crippen LogP contribution in [0.2, 0.25) is 0 Å². The Labute approximate surface area is 340 Å². The molecule has 8 nitrogen and oxygen atoms in total. The fourth-order valence-electron chi connectivity index (χ4n) is 7.10. The lowest BCUT2D eigenvalue weighted by Gasteiger charge is -2.23. The molecule has 57 heavy (non-hydrogen) atoms. The van der Waals surface area contributed by atoms with E-state index in [0.29, 0.717) is 34.2 Å². The lowest BCUT2D eigenvalue weighted by Crippen LogP contribution is -2.30. The van der Waals surface area contributed by atoms with Crippen LogP contribution in [0.4, 0.5) is 10.7 Å². The zero-order valence-electron chi connectivity index (χ0n) is 31.7. The summed E-state index contributed by atoms with van der Waals surface area (Å²) in [6, 6.07) is 40.1. The van der Waals surface area contributed by atoms with E-state index in [9.17, 15) is 19.2 Å². The van der Waals surface area contributed by atoms with Gasteiger partial charge in [-0.05, 0) is 102 Å². The predicted octanol–water partition coefficient (Wildman–Crippen LogP) is 10.3. The maximum absolute atomic E-state index is 13.9. The molecule has 0 bridgehead atoms. The molecule has 6 aromatic rings. The number of hydrogen-bond donors (Lipinski definition) is 3. The number of rotatable bonds is 13. The highest BCUT2D eigenvalue weighted by Crippen LogP contribution is 2.43. The SMILES string of the molecule is CCOC(=O)c1c(NC(=O)C(CC)Sc2cccc(NC(=O)/C(=C\c3cccc4ccccc34)NC(=O)c3ccccc3)c2)sc2c1CCC(c1ccccc1)C2. The molecule has 10 heteroatoms. The monoisotopic (exact) mass is 793 g/mol. The number of hydrogen-bond acceptors (Lipinski definition) is 7. The summed E-state index contributed by atoms with van der Waals surface area (Å²) >= 11 is 2.84. The first-order valence-electron chi connectivity index (χ1n) is 19.1. The van der Waals surface area contributed by atoms with Gasteiger partial charge in [-0.2, -0.15) is 0 Å². The quantitative estimate of drug-likeness (QED) is 0.0610. The molecular formula is C47H43N3O5S2. The van der Waals surface area contributed by atoms with Gasteiger partial charge in [-0.1, -0.05) is 104 Å². The van der Waals surface area contributed by atoms with Crippen molar-refractivity contribution < 1.29 is 23.9 Å². The molecule has 0 fully saturated rings. The number of thiophene rings is 1. The van der Waals surface area contributed by atoms with Gasteiger partial charge in [-0.25, -0.2) is 4.79 Å². The van der Waals surface area contributed by atoms with Crippen molar-refractivity contribution in [1.29, 1.82) is 0 Å². The van der Waals surface area contributed by atoms with Crippen molar-refractivity contribution in [2.75, 3.05) is 17.2 Å². The number of thioether (sulfide) groups is 1. The molecule has 0 saturated heterocycles. The molecule has 1 aliphatic carbocycles. The van der Waals surface area contributed by atoms with Crippen molar-refractivity contribution >= 4 is 74.3 Å². The Bertz CT molecular complexity index is 2440. The summed E-state index contributed by atoms with van der Waals surface area (Å²) in [4.78, 5) is 56.3. The van der Waals surface area contributed by atoms with Gasteiger partial charge in [0.1, 0.15) is 10.7 Å². The number of ether oxygens (including phenoxy) is 1. The van der Waals surface area contributed by atoms with E-state index in [4.69, 9.17) is 4.74 Å². The molecule has 2 atom stereocenters. The molecule has 0 aliphatic heterocycles. The van der Waals surface area contributed by atoms with Crippen LogP contribution in [0, 0.1) is 0 Å². The lowest BCUT2D eigenvalue weighted by atomic mass is 9.83. The number of fused-ring (bicyclic) bond motifs is 2. The Kier molecular flexibility index (Phi) is 12.6. The Morgan fingerprint density at radius 2 is 1.56 bits per heavy atom. The minimum atomic E-state index is -0.498. The number of nitrogens with one attached hydrogen (secondary N) is 3. The normalized spacial score (nSPS) is 14.3. The second-order valence-electron chi connectivity index (χ2n) is 13.7. The van der Waals surface area contributed by atoms with E-state index in [2.05, 4.69) is 40.2 Å². The smallest absolute Gasteiger partial charge is 0.341 e. The van der Waals surface area contributed by atoms with Crippen LogP contribution in [0.15, 0.2) is 138 Å². The van der Waals surface area contributed by atoms with Crippen LogP contribution in [0.3, 0.4) is 0 Å². The molecule has 3 N–H and O–H groups in total. The number of benzene rings is 5. The van der Waals surface area contributed by atoms with Gasteiger partial charge >= 0.3 is 5.97 Å². The summed E-state index contributed by atoms with van der Waals surface area (Å²) in [7, 11) is 0. The summed E-state index contributed by atoms with van der Waals surface area (Å²) in [5.41, 5.74) is 4.49. The van der Waals surface area contributed by atoms with Crippen molar-refractivity contribution in [3.05, 3.63) is 166 Å². The van der Waals surface area contributed by atoms with Crippen molar-refractivity contribution in [3.63, 3.8) is 0 Å². The van der Waals surface area contributed by atoms with Crippen LogP contribution < -0.4 is 16.0 Å². The van der Waals surface area contributed by atoms with Crippen molar-refractivity contribution in [1.82, 2.24) is 5.32 Å². The molecule has 3 amide bonds. The molecule has 0 saturated carbocycles. The maximum Gasteiger partial charge on any atom is 0.341 e. The average molecular weight is 794 g/mol. The maximum atomic E-state index is 13.9. The van der Waals surface area contributed by atoms with Gasteiger partial charge in [0.2, 0.25) is 5.91 Å². The topological polar surface area (TPSA) is 114 Å². The van der Waals surface area contributed by atoms with E-state index in [1.165, 1.54) is 28.7 Å². The van der Waals surface area contributed by atoms with Gasteiger partial charge in [-0.15, -0.1) is 23.1 Å². The van der Waals surface area contributed by atoms with Gasteiger partial charge in [-0.3, -0.25) is 14.4 Å². The van der Waals surface area contributed by atoms with E-state index in [0.717, 1.165) is 50.9 Å². The lowest BCUT2D eigenvalue weighted by molar-refractivity contribution is -0.116. The summed E-state index contributed by atoms with van der Waals surface area (Å²) < 4.78 is 5.48. The molecule has 1 aliphatic rings. The van der Waals surface area contributed by atoms with Crippen molar-refractivity contribution in [2.45, 2.75) is 55.6 Å². The first kappa shape index (κ1) is 39.3. The fraction of sp³-hybridized carbons (Fsp3) is 0.191. The molecule has 288 valence electrons. The van der Waals surface area contributed by atoms with Gasteiger partial charge < -0.3 is 20.7 Å². The number of carbonyl (C=O) groups is 4. The van der Waals surface area contributed by atoms with Crippen LogP contribution in [0.1, 0.15) is 74.9 Å². The fourth-order valence-corrected chi connectivity index (χ4v) is 9.43. The highest BCUT2D eigenvalue weighted by molar-refractivity contribution is 8.00. The molecule has 1 aromatic heterocycles. The molecule has 0 spiro atoms. The Morgan fingerprint density at radius 3 is 2.33 bits per heavy atom. The van der Waals surface area contributed by atoms with Gasteiger partial charge in [0.05, 0.1) is 17.4 Å². The average Bonchev–Trinajstić information content (AvgIpc) is 3.60. The third-order valence-corrected chi connectivity index (χ3v) is 12.5. The summed E-state index contributed by atoms with van der Waals surface area (Å²) in [6.45, 7) is 3.96. The third-order valence-electron chi connectivity index (χ3n) is 9.94. The van der Waals surface area contributed by atoms with Gasteiger partial charge in [0.15, 0.2) is 0 Å². The molecule has 5 aromatic carbocycles. The minimum absolute atomic E-state index is 0.0789. The van der Waals surface area contributed by atoms with Gasteiger partial charge in [0, 0.05) is 21.0 Å². The van der Waals surface area contributed by atoms with Crippen LogP contribution >= 0.6 is 23.1 Å². The van der Waals surface area contributed by atoms with E-state index >= 15 is 0 Å². The molecule has 0 radical (unpaired) electrons. The second kappa shape index (κ2) is 18.3. The zero-order valence-corrected chi connectivity index (χ0v) is 33.4. The minimum Gasteiger partial charge on any atom is -0.462 e. The summed E-state index contributed by atoms with van der Waals surface area (Å²) in [5.74, 6) is -1.20. The summed E-state index contributed by atoms with van der Waals surface area (Å²) in [6.07, 6.45) is 4.64. The van der Waals surface area contributed by atoms with Crippen LogP contribution in [0.5, 0.6) is 0 Å². The van der Waals surface area contributed by atoms with Crippen LogP contribution in [-0.2, 0) is 27.2 Å². The number of amides is 3. The predicted molar refractivity (Wildman–Crippen MR) is 231 cm³/mol. The first-order valence-corrected chi connectivity index (χ1v) is 20.8. The molecule has 1 heterocycles. The molecule has 2 unspecified atom stereocenters. The Hall–Kier alpha value is -5.97. The van der Waals surface area contributed by atoms with Crippen LogP contribution in [0.25, 0.3) is 16.8 Å². The van der Waals surface area contributed by atoms with Crippen LogP contribution in [-0.4, -0.2) is 35.5 Å². The second-order valence-corrected chi connectivity index (χ2v) is 16.1. The zero-order chi connectivity index (χ0) is 39.7.